The van der Waals surface area contributed by atoms with Gasteiger partial charge in [-0.3, -0.25) is 10.0 Å². The number of carbonyl (C=O) groups is 1. The minimum atomic E-state index is -0.630. The molecule has 0 aliphatic heterocycles. The second-order valence-electron chi connectivity index (χ2n) is 5.64. The number of nitrogens with zero attached hydrogens (tertiary/aromatic N) is 1. The summed E-state index contributed by atoms with van der Waals surface area (Å²) in [7, 11) is 0. The van der Waals surface area contributed by atoms with Gasteiger partial charge in [-0.05, 0) is 50.1 Å². The standard InChI is InChI=1S/C17H18NO2/c1-17(2,3)18(20)16(19)15-11-9-14(10-12-15)13-7-5-4-6-8-13/h4-9,11-12,20H,1-3H3. The zero-order chi connectivity index (χ0) is 14.8. The van der Waals surface area contributed by atoms with E-state index >= 15 is 0 Å². The summed E-state index contributed by atoms with van der Waals surface area (Å²) in [5, 5.41) is 10.6. The van der Waals surface area contributed by atoms with Gasteiger partial charge < -0.3 is 0 Å². The van der Waals surface area contributed by atoms with Crippen LogP contribution in [0.25, 0.3) is 11.1 Å². The molecule has 0 spiro atoms. The monoisotopic (exact) mass is 268 g/mol. The van der Waals surface area contributed by atoms with E-state index in [0.717, 1.165) is 16.2 Å². The van der Waals surface area contributed by atoms with Gasteiger partial charge in [0.2, 0.25) is 0 Å². The van der Waals surface area contributed by atoms with Crippen molar-refractivity contribution < 1.29 is 10.0 Å². The molecule has 0 unspecified atom stereocenters. The molecular weight excluding hydrogens is 250 g/mol. The van der Waals surface area contributed by atoms with Crippen LogP contribution in [0, 0.1) is 6.07 Å². The van der Waals surface area contributed by atoms with Crippen molar-refractivity contribution in [1.82, 2.24) is 5.06 Å². The van der Waals surface area contributed by atoms with Crippen LogP contribution < -0.4 is 0 Å². The van der Waals surface area contributed by atoms with Crippen molar-refractivity contribution in [1.29, 1.82) is 0 Å². The molecule has 1 radical (unpaired) electrons. The molecule has 2 aromatic rings. The van der Waals surface area contributed by atoms with Crippen molar-refractivity contribution in [3.8, 4) is 11.1 Å². The Balaban J connectivity index is 2.23. The lowest BCUT2D eigenvalue weighted by Gasteiger charge is -2.29. The van der Waals surface area contributed by atoms with Crippen LogP contribution in [0.5, 0.6) is 0 Å². The molecule has 1 N–H and O–H groups in total. The molecule has 0 bridgehead atoms. The molecule has 0 aliphatic rings. The van der Waals surface area contributed by atoms with Crippen molar-refractivity contribution in [2.45, 2.75) is 26.3 Å². The van der Waals surface area contributed by atoms with Crippen molar-refractivity contribution in [2.75, 3.05) is 0 Å². The maximum Gasteiger partial charge on any atom is 0.277 e. The van der Waals surface area contributed by atoms with E-state index in [4.69, 9.17) is 0 Å². The highest BCUT2D eigenvalue weighted by atomic mass is 16.5. The number of hydrogen-bond acceptors (Lipinski definition) is 2. The first-order chi connectivity index (χ1) is 9.39. The van der Waals surface area contributed by atoms with Crippen LogP contribution in [-0.2, 0) is 0 Å². The van der Waals surface area contributed by atoms with Gasteiger partial charge >= 0.3 is 0 Å². The fraction of sp³-hybridized carbons (Fsp3) is 0.235. The molecule has 3 heteroatoms. The van der Waals surface area contributed by atoms with Gasteiger partial charge in [0.1, 0.15) is 0 Å². The molecule has 2 aromatic carbocycles. The summed E-state index contributed by atoms with van der Waals surface area (Å²) < 4.78 is 0. The molecule has 103 valence electrons. The van der Waals surface area contributed by atoms with E-state index < -0.39 is 11.4 Å². The van der Waals surface area contributed by atoms with Crippen molar-refractivity contribution in [2.24, 2.45) is 0 Å². The summed E-state index contributed by atoms with van der Waals surface area (Å²) in [6, 6.07) is 18.1. The van der Waals surface area contributed by atoms with Crippen molar-refractivity contribution >= 4 is 5.91 Å². The summed E-state index contributed by atoms with van der Waals surface area (Å²) in [5.41, 5.74) is 1.75. The third-order valence-electron chi connectivity index (χ3n) is 2.97. The van der Waals surface area contributed by atoms with Gasteiger partial charge in [0.15, 0.2) is 0 Å². The molecule has 3 nitrogen and oxygen atoms in total. The SMILES string of the molecule is CC(C)(C)N(O)C(=O)c1c[c]c(-c2ccccc2)cc1. The summed E-state index contributed by atoms with van der Waals surface area (Å²) in [4.78, 5) is 12.1. The number of rotatable bonds is 2. The quantitative estimate of drug-likeness (QED) is 0.665. The largest absolute Gasteiger partial charge is 0.285 e. The van der Waals surface area contributed by atoms with Gasteiger partial charge in [-0.15, -0.1) is 0 Å². The number of carbonyl (C=O) groups excluding carboxylic acids is 1. The van der Waals surface area contributed by atoms with Gasteiger partial charge in [-0.1, -0.05) is 36.4 Å². The number of hydrogen-bond donors (Lipinski definition) is 1. The first kappa shape index (κ1) is 14.3. The Morgan fingerprint density at radius 1 is 1.10 bits per heavy atom. The Bertz CT molecular complexity index is 583. The number of amides is 1. The molecule has 0 saturated carbocycles. The highest BCUT2D eigenvalue weighted by molar-refractivity contribution is 5.94. The Hall–Kier alpha value is -2.13. The van der Waals surface area contributed by atoms with Crippen LogP contribution in [0.1, 0.15) is 31.1 Å². The van der Waals surface area contributed by atoms with E-state index in [9.17, 15) is 10.0 Å². The third-order valence-corrected chi connectivity index (χ3v) is 2.97. The van der Waals surface area contributed by atoms with Crippen LogP contribution in [0.4, 0.5) is 0 Å². The van der Waals surface area contributed by atoms with Crippen LogP contribution in [0.3, 0.4) is 0 Å². The van der Waals surface area contributed by atoms with Gasteiger partial charge in [0.25, 0.3) is 5.91 Å². The molecule has 0 aliphatic carbocycles. The lowest BCUT2D eigenvalue weighted by Crippen LogP contribution is -2.43. The average molecular weight is 268 g/mol. The zero-order valence-electron chi connectivity index (χ0n) is 11.9. The fourth-order valence-corrected chi connectivity index (χ4v) is 1.78. The van der Waals surface area contributed by atoms with Crippen LogP contribution in [-0.4, -0.2) is 21.7 Å². The Labute approximate surface area is 119 Å². The van der Waals surface area contributed by atoms with E-state index in [1.807, 2.05) is 36.4 Å². The molecule has 1 amide bonds. The highest BCUT2D eigenvalue weighted by Crippen LogP contribution is 2.20. The first-order valence-electron chi connectivity index (χ1n) is 6.50. The molecule has 2 rings (SSSR count). The summed E-state index contributed by atoms with van der Waals surface area (Å²) >= 11 is 0. The second kappa shape index (κ2) is 5.47. The van der Waals surface area contributed by atoms with Crippen LogP contribution >= 0.6 is 0 Å². The normalized spacial score (nSPS) is 11.2. The number of hydroxylamine groups is 2. The Morgan fingerprint density at radius 3 is 2.25 bits per heavy atom. The van der Waals surface area contributed by atoms with E-state index in [1.54, 1.807) is 32.9 Å². The van der Waals surface area contributed by atoms with E-state index in [0.29, 0.717) is 5.56 Å². The smallest absolute Gasteiger partial charge is 0.277 e. The average Bonchev–Trinajstić information content (AvgIpc) is 2.46. The summed E-state index contributed by atoms with van der Waals surface area (Å²) in [5.74, 6) is -0.423. The fourth-order valence-electron chi connectivity index (χ4n) is 1.78. The Morgan fingerprint density at radius 2 is 1.75 bits per heavy atom. The second-order valence-corrected chi connectivity index (χ2v) is 5.64. The predicted molar refractivity (Wildman–Crippen MR) is 78.4 cm³/mol. The number of benzene rings is 2. The van der Waals surface area contributed by atoms with E-state index in [-0.39, 0.29) is 0 Å². The maximum absolute atomic E-state index is 12.1. The van der Waals surface area contributed by atoms with Gasteiger partial charge in [-0.2, -0.15) is 0 Å². The van der Waals surface area contributed by atoms with Crippen LogP contribution in [0.2, 0.25) is 0 Å². The minimum Gasteiger partial charge on any atom is -0.285 e. The summed E-state index contributed by atoms with van der Waals surface area (Å²) in [6.45, 7) is 5.31. The van der Waals surface area contributed by atoms with Gasteiger partial charge in [0.05, 0.1) is 5.54 Å². The molecule has 0 aromatic heterocycles. The maximum atomic E-state index is 12.1. The van der Waals surface area contributed by atoms with Crippen molar-refractivity contribution in [3.63, 3.8) is 0 Å². The molecule has 20 heavy (non-hydrogen) atoms. The summed E-state index contributed by atoms with van der Waals surface area (Å²) in [6.07, 6.45) is 0. The highest BCUT2D eigenvalue weighted by Gasteiger charge is 2.25. The molecule has 0 saturated heterocycles. The first-order valence-corrected chi connectivity index (χ1v) is 6.50. The Kier molecular flexibility index (Phi) is 3.91. The van der Waals surface area contributed by atoms with Crippen LogP contribution in [0.15, 0.2) is 48.5 Å². The zero-order valence-corrected chi connectivity index (χ0v) is 11.9. The van der Waals surface area contributed by atoms with E-state index in [2.05, 4.69) is 6.07 Å². The third kappa shape index (κ3) is 3.06. The lowest BCUT2D eigenvalue weighted by atomic mass is 10.0. The van der Waals surface area contributed by atoms with E-state index in [1.165, 1.54) is 0 Å². The van der Waals surface area contributed by atoms with Crippen molar-refractivity contribution in [3.05, 3.63) is 60.2 Å². The topological polar surface area (TPSA) is 40.5 Å². The minimum absolute atomic E-state index is 0.419. The molecule has 0 atom stereocenters. The van der Waals surface area contributed by atoms with Gasteiger partial charge in [-0.25, -0.2) is 5.06 Å². The molecule has 0 fully saturated rings. The molecule has 0 heterocycles. The lowest BCUT2D eigenvalue weighted by molar-refractivity contribution is -0.114. The predicted octanol–water partition coefficient (Wildman–Crippen LogP) is 3.78. The molecular formula is C17H18NO2. The van der Waals surface area contributed by atoms with Gasteiger partial charge in [0, 0.05) is 5.56 Å².